The van der Waals surface area contributed by atoms with Gasteiger partial charge >= 0.3 is 0 Å². The predicted octanol–water partition coefficient (Wildman–Crippen LogP) is 2.93. The monoisotopic (exact) mass is 514 g/mol. The molecule has 3 aromatic rings. The molecule has 1 aromatic carbocycles. The van der Waals surface area contributed by atoms with Crippen molar-refractivity contribution in [1.82, 2.24) is 4.57 Å². The van der Waals surface area contributed by atoms with E-state index in [1.807, 2.05) is 0 Å². The Bertz CT molecular complexity index is 1060. The number of aliphatic hydroxyl groups excluding tert-OH is 1. The summed E-state index contributed by atoms with van der Waals surface area (Å²) in [5.41, 5.74) is 3.87. The zero-order chi connectivity index (χ0) is 21.9. The maximum Gasteiger partial charge on any atom is 0.202 e. The second-order valence-electron chi connectivity index (χ2n) is 10.2. The number of rotatable bonds is 7. The van der Waals surface area contributed by atoms with Crippen molar-refractivity contribution in [2.75, 3.05) is 13.2 Å². The van der Waals surface area contributed by atoms with Gasteiger partial charge in [0.05, 0.1) is 12.1 Å². The van der Waals surface area contributed by atoms with Gasteiger partial charge in [-0.3, -0.25) is 0 Å². The van der Waals surface area contributed by atoms with Gasteiger partial charge in [0.1, 0.15) is 17.9 Å². The van der Waals surface area contributed by atoms with Crippen molar-refractivity contribution in [3.63, 3.8) is 0 Å². The molecule has 2 aromatic heterocycles. The lowest BCUT2D eigenvalue weighted by atomic mass is 9.89. The molecule has 5 heteroatoms. The van der Waals surface area contributed by atoms with Gasteiger partial charge in [0, 0.05) is 36.4 Å². The van der Waals surface area contributed by atoms with Crippen molar-refractivity contribution in [1.29, 1.82) is 0 Å². The molecule has 1 N–H and O–H groups in total. The number of benzene rings is 1. The van der Waals surface area contributed by atoms with Crippen molar-refractivity contribution >= 4 is 21.8 Å². The summed E-state index contributed by atoms with van der Waals surface area (Å²) >= 11 is 0. The molecular formula is C28H39BrN2O2. The number of pyridine rings is 1. The van der Waals surface area contributed by atoms with Crippen LogP contribution < -0.4 is 26.3 Å². The molecule has 5 rings (SSSR count). The summed E-state index contributed by atoms with van der Waals surface area (Å²) in [6.45, 7) is 4.94. The van der Waals surface area contributed by atoms with E-state index in [1.54, 1.807) is 0 Å². The van der Waals surface area contributed by atoms with Crippen LogP contribution in [0.5, 0.6) is 5.75 Å². The minimum atomic E-state index is 0. The van der Waals surface area contributed by atoms with Gasteiger partial charge in [-0.2, -0.15) is 4.57 Å². The zero-order valence-corrected chi connectivity index (χ0v) is 21.7. The Morgan fingerprint density at radius 2 is 1.64 bits per heavy atom. The number of aryl methyl sites for hydroxylation is 1. The lowest BCUT2D eigenvalue weighted by molar-refractivity contribution is -0.702. The second-order valence-corrected chi connectivity index (χ2v) is 10.2. The van der Waals surface area contributed by atoms with Gasteiger partial charge in [0.15, 0.2) is 12.7 Å². The van der Waals surface area contributed by atoms with Crippen molar-refractivity contribution in [2.24, 2.45) is 11.8 Å². The van der Waals surface area contributed by atoms with E-state index in [-0.39, 0.29) is 23.6 Å². The fourth-order valence-electron chi connectivity index (χ4n) is 6.15. The number of aliphatic hydroxyl groups is 1. The van der Waals surface area contributed by atoms with Crippen molar-refractivity contribution in [2.45, 2.75) is 84.2 Å². The van der Waals surface area contributed by atoms with Crippen LogP contribution in [0, 0.1) is 18.8 Å². The van der Waals surface area contributed by atoms with Gasteiger partial charge in [0.25, 0.3) is 0 Å². The Labute approximate surface area is 208 Å². The molecule has 0 bridgehead atoms. The van der Waals surface area contributed by atoms with Crippen LogP contribution >= 0.6 is 0 Å². The van der Waals surface area contributed by atoms with Crippen LogP contribution in [0.3, 0.4) is 0 Å². The van der Waals surface area contributed by atoms with E-state index in [1.165, 1.54) is 91.7 Å². The highest BCUT2D eigenvalue weighted by Gasteiger charge is 2.23. The SMILES string of the molecule is Cc1c2c(cc[n+]1CCO)c1ccc(OCC3CCCCC3)cc1n2CC1CCCCC1.[Br-]. The standard InChI is InChI=1S/C28H39N2O2.BrH/c1-21-28-26(14-15-29(21)16-17-31)25-13-12-24(32-20-23-10-6-3-7-11-23)18-27(25)30(28)19-22-8-4-2-5-9-22;/h12-15,18,22-23,31H,2-11,16-17,19-20H2,1H3;1H/q+1;/p-1. The summed E-state index contributed by atoms with van der Waals surface area (Å²) in [4.78, 5) is 0. The van der Waals surface area contributed by atoms with E-state index in [0.717, 1.165) is 24.8 Å². The van der Waals surface area contributed by atoms with Crippen LogP contribution in [0.4, 0.5) is 0 Å². The lowest BCUT2D eigenvalue weighted by Crippen LogP contribution is -3.00. The first-order valence-corrected chi connectivity index (χ1v) is 12.9. The zero-order valence-electron chi connectivity index (χ0n) is 20.1. The third-order valence-corrected chi connectivity index (χ3v) is 7.99. The van der Waals surface area contributed by atoms with E-state index in [0.29, 0.717) is 12.5 Å². The maximum atomic E-state index is 9.55. The van der Waals surface area contributed by atoms with Crippen molar-refractivity contribution in [3.8, 4) is 5.75 Å². The normalized spacial score (nSPS) is 18.0. The highest BCUT2D eigenvalue weighted by molar-refractivity contribution is 6.08. The van der Waals surface area contributed by atoms with Crippen LogP contribution in [0.25, 0.3) is 21.8 Å². The van der Waals surface area contributed by atoms with Gasteiger partial charge in [-0.1, -0.05) is 38.5 Å². The van der Waals surface area contributed by atoms with E-state index in [2.05, 4.69) is 46.5 Å². The summed E-state index contributed by atoms with van der Waals surface area (Å²) in [6.07, 6.45) is 15.6. The molecule has 0 amide bonds. The molecule has 33 heavy (non-hydrogen) atoms. The van der Waals surface area contributed by atoms with E-state index >= 15 is 0 Å². The molecule has 2 saturated carbocycles. The average Bonchev–Trinajstić information content (AvgIpc) is 3.14. The topological polar surface area (TPSA) is 38.3 Å². The number of fused-ring (bicyclic) bond motifs is 3. The number of hydrogen-bond acceptors (Lipinski definition) is 2. The Kier molecular flexibility index (Phi) is 8.34. The van der Waals surface area contributed by atoms with Crippen LogP contribution in [0.15, 0.2) is 30.5 Å². The molecule has 2 aliphatic carbocycles. The third-order valence-electron chi connectivity index (χ3n) is 7.99. The molecular weight excluding hydrogens is 476 g/mol. The van der Waals surface area contributed by atoms with Crippen LogP contribution in [0.1, 0.15) is 69.9 Å². The van der Waals surface area contributed by atoms with Crippen molar-refractivity contribution < 1.29 is 31.4 Å². The molecule has 0 atom stereocenters. The summed E-state index contributed by atoms with van der Waals surface area (Å²) in [6, 6.07) is 8.96. The first-order chi connectivity index (χ1) is 15.7. The quantitative estimate of drug-likeness (QED) is 0.492. The molecule has 2 heterocycles. The Morgan fingerprint density at radius 3 is 2.33 bits per heavy atom. The first-order valence-electron chi connectivity index (χ1n) is 12.9. The van der Waals surface area contributed by atoms with Gasteiger partial charge < -0.3 is 31.4 Å². The average molecular weight is 516 g/mol. The van der Waals surface area contributed by atoms with Gasteiger partial charge in [-0.15, -0.1) is 0 Å². The van der Waals surface area contributed by atoms with Crippen LogP contribution in [-0.2, 0) is 13.1 Å². The van der Waals surface area contributed by atoms with E-state index in [4.69, 9.17) is 4.74 Å². The predicted molar refractivity (Wildman–Crippen MR) is 130 cm³/mol. The molecule has 2 fully saturated rings. The fourth-order valence-corrected chi connectivity index (χ4v) is 6.15. The number of nitrogens with zero attached hydrogens (tertiary/aromatic N) is 2. The highest BCUT2D eigenvalue weighted by atomic mass is 79.9. The van der Waals surface area contributed by atoms with Crippen LogP contribution in [-0.4, -0.2) is 22.9 Å². The minimum absolute atomic E-state index is 0. The summed E-state index contributed by atoms with van der Waals surface area (Å²) < 4.78 is 11.1. The largest absolute Gasteiger partial charge is 1.00 e. The fraction of sp³-hybridized carbons (Fsp3) is 0.607. The smallest absolute Gasteiger partial charge is 0.202 e. The van der Waals surface area contributed by atoms with Crippen molar-refractivity contribution in [3.05, 3.63) is 36.2 Å². The van der Waals surface area contributed by atoms with Gasteiger partial charge in [-0.25, -0.2) is 0 Å². The first kappa shape index (κ1) is 24.5. The number of halogens is 1. The molecule has 180 valence electrons. The van der Waals surface area contributed by atoms with Crippen LogP contribution in [0.2, 0.25) is 0 Å². The van der Waals surface area contributed by atoms with E-state index in [9.17, 15) is 5.11 Å². The number of aromatic nitrogens is 2. The minimum Gasteiger partial charge on any atom is -1.00 e. The molecule has 4 nitrogen and oxygen atoms in total. The molecule has 0 aliphatic heterocycles. The molecule has 2 aliphatic rings. The maximum absolute atomic E-state index is 9.55. The molecule has 0 radical (unpaired) electrons. The second kappa shape index (κ2) is 11.2. The highest BCUT2D eigenvalue weighted by Crippen LogP contribution is 2.35. The van der Waals surface area contributed by atoms with Gasteiger partial charge in [0.2, 0.25) is 5.69 Å². The number of ether oxygens (including phenoxy) is 1. The molecule has 0 spiro atoms. The summed E-state index contributed by atoms with van der Waals surface area (Å²) in [7, 11) is 0. The van der Waals surface area contributed by atoms with E-state index < -0.39 is 0 Å². The number of hydrogen-bond donors (Lipinski definition) is 1. The Morgan fingerprint density at radius 1 is 0.939 bits per heavy atom. The Hall–Kier alpha value is -1.59. The lowest BCUT2D eigenvalue weighted by Gasteiger charge is -2.23. The molecule has 0 unspecified atom stereocenters. The third kappa shape index (κ3) is 5.24. The molecule has 0 saturated heterocycles. The Balaban J connectivity index is 0.00000259. The van der Waals surface area contributed by atoms with Gasteiger partial charge in [-0.05, 0) is 49.7 Å². The summed E-state index contributed by atoms with van der Waals surface area (Å²) in [5, 5.41) is 12.2. The summed E-state index contributed by atoms with van der Waals surface area (Å²) in [5.74, 6) is 2.48.